The van der Waals surface area contributed by atoms with Gasteiger partial charge in [-0.3, -0.25) is 14.5 Å². The molecule has 2 aromatic heterocycles. The first-order chi connectivity index (χ1) is 14.6. The molecule has 14 nitrogen and oxygen atoms in total. The summed E-state index contributed by atoms with van der Waals surface area (Å²) in [6, 6.07) is -0.759. The van der Waals surface area contributed by atoms with E-state index in [2.05, 4.69) is 29.4 Å². The molecule has 0 radical (unpaired) electrons. The van der Waals surface area contributed by atoms with Crippen LogP contribution in [0.5, 0.6) is 0 Å². The topological polar surface area (TPSA) is 198 Å². The molecule has 1 aliphatic heterocycles. The second kappa shape index (κ2) is 8.82. The Hall–Kier alpha value is -3.31. The van der Waals surface area contributed by atoms with Crippen molar-refractivity contribution in [1.29, 1.82) is 0 Å². The van der Waals surface area contributed by atoms with Gasteiger partial charge in [0.25, 0.3) is 11.8 Å². The van der Waals surface area contributed by atoms with Crippen LogP contribution >= 0.6 is 22.9 Å². The highest BCUT2D eigenvalue weighted by molar-refractivity contribution is 7.91. The molecule has 4 amide bonds. The Morgan fingerprint density at radius 2 is 2.16 bits per heavy atom. The summed E-state index contributed by atoms with van der Waals surface area (Å²) in [5, 5.41) is 7.65. The second-order valence-electron chi connectivity index (χ2n) is 6.00. The fourth-order valence-electron chi connectivity index (χ4n) is 2.38. The average Bonchev–Trinajstić information content (AvgIpc) is 3.29. The molecular formula is C14H16N8O6S3. The van der Waals surface area contributed by atoms with Crippen molar-refractivity contribution < 1.29 is 27.6 Å². The van der Waals surface area contributed by atoms with E-state index in [4.69, 9.17) is 5.73 Å². The van der Waals surface area contributed by atoms with Gasteiger partial charge in [-0.1, -0.05) is 5.16 Å². The SMILES string of the molecule is CO/N=C(\C(=O)N[C@H]1CN(C(=O)NS(=O)(=O)Nc2cc(C)sn2)C1=O)c1csc(N)n1. The van der Waals surface area contributed by atoms with E-state index in [1.165, 1.54) is 18.6 Å². The number of carbonyl (C=O) groups excluding carboxylic acids is 3. The Morgan fingerprint density at radius 3 is 2.71 bits per heavy atom. The molecule has 3 rings (SSSR count). The van der Waals surface area contributed by atoms with Crippen molar-refractivity contribution >= 4 is 67.6 Å². The number of hydrogen-bond acceptors (Lipinski definition) is 12. The largest absolute Gasteiger partial charge is 0.398 e. The molecule has 0 aromatic carbocycles. The van der Waals surface area contributed by atoms with E-state index < -0.39 is 34.1 Å². The number of amides is 4. The molecule has 3 heterocycles. The zero-order valence-electron chi connectivity index (χ0n) is 16.0. The number of anilines is 2. The predicted molar refractivity (Wildman–Crippen MR) is 112 cm³/mol. The van der Waals surface area contributed by atoms with Crippen LogP contribution < -0.4 is 20.5 Å². The highest BCUT2D eigenvalue weighted by Gasteiger charge is 2.43. The molecule has 17 heteroatoms. The number of nitrogens with one attached hydrogen (secondary N) is 3. The summed E-state index contributed by atoms with van der Waals surface area (Å²) in [5.41, 5.74) is 5.48. The average molecular weight is 489 g/mol. The van der Waals surface area contributed by atoms with Crippen molar-refractivity contribution in [2.75, 3.05) is 24.1 Å². The van der Waals surface area contributed by atoms with Gasteiger partial charge in [-0.05, 0) is 24.5 Å². The highest BCUT2D eigenvalue weighted by Crippen LogP contribution is 2.16. The molecule has 1 aliphatic rings. The van der Waals surface area contributed by atoms with Crippen molar-refractivity contribution in [2.45, 2.75) is 13.0 Å². The maximum absolute atomic E-state index is 12.4. The second-order valence-corrected chi connectivity index (χ2v) is 9.32. The quantitative estimate of drug-likeness (QED) is 0.220. The fraction of sp³-hybridized carbons (Fsp3) is 0.286. The van der Waals surface area contributed by atoms with Gasteiger partial charge >= 0.3 is 16.2 Å². The minimum atomic E-state index is -4.30. The van der Waals surface area contributed by atoms with Crippen LogP contribution in [0.3, 0.4) is 0 Å². The van der Waals surface area contributed by atoms with Crippen LogP contribution in [-0.4, -0.2) is 65.9 Å². The molecule has 1 fully saturated rings. The molecular weight excluding hydrogens is 472 g/mol. The monoisotopic (exact) mass is 488 g/mol. The lowest BCUT2D eigenvalue weighted by atomic mass is 10.1. The van der Waals surface area contributed by atoms with Gasteiger partial charge in [-0.15, -0.1) is 11.3 Å². The zero-order chi connectivity index (χ0) is 22.8. The van der Waals surface area contributed by atoms with Gasteiger partial charge in [0.1, 0.15) is 18.8 Å². The minimum Gasteiger partial charge on any atom is -0.398 e. The molecule has 166 valence electrons. The first-order valence-electron chi connectivity index (χ1n) is 8.32. The first kappa shape index (κ1) is 22.4. The molecule has 0 bridgehead atoms. The van der Waals surface area contributed by atoms with Crippen LogP contribution in [0.4, 0.5) is 15.7 Å². The number of rotatable bonds is 7. The lowest BCUT2D eigenvalue weighted by Gasteiger charge is -2.36. The number of thiazole rings is 1. The van der Waals surface area contributed by atoms with Crippen LogP contribution in [0.2, 0.25) is 0 Å². The van der Waals surface area contributed by atoms with Crippen molar-refractivity contribution in [1.82, 2.24) is 24.3 Å². The Morgan fingerprint density at radius 1 is 1.42 bits per heavy atom. The van der Waals surface area contributed by atoms with Crippen molar-refractivity contribution in [3.8, 4) is 0 Å². The van der Waals surface area contributed by atoms with Gasteiger partial charge in [-0.2, -0.15) is 12.8 Å². The number of urea groups is 1. The number of β-lactam (4-membered cyclic amide) rings is 1. The number of hydrogen-bond donors (Lipinski definition) is 4. The van der Waals surface area contributed by atoms with Crippen LogP contribution in [-0.2, 0) is 24.6 Å². The Kier molecular flexibility index (Phi) is 6.37. The molecule has 0 spiro atoms. The van der Waals surface area contributed by atoms with E-state index in [9.17, 15) is 22.8 Å². The van der Waals surface area contributed by atoms with Gasteiger partial charge in [-0.25, -0.2) is 19.2 Å². The van der Waals surface area contributed by atoms with E-state index in [1.54, 1.807) is 11.6 Å². The summed E-state index contributed by atoms with van der Waals surface area (Å²) in [6.45, 7) is 1.48. The Balaban J connectivity index is 1.57. The summed E-state index contributed by atoms with van der Waals surface area (Å²) in [5.74, 6) is -1.55. The summed E-state index contributed by atoms with van der Waals surface area (Å²) in [7, 11) is -3.07. The number of oxime groups is 1. The van der Waals surface area contributed by atoms with Gasteiger partial charge in [0.15, 0.2) is 16.7 Å². The third-order valence-electron chi connectivity index (χ3n) is 3.73. The number of likely N-dealkylation sites (tertiary alicyclic amines) is 1. The predicted octanol–water partition coefficient (Wildman–Crippen LogP) is -0.766. The number of nitrogens with zero attached hydrogens (tertiary/aromatic N) is 4. The molecule has 31 heavy (non-hydrogen) atoms. The van der Waals surface area contributed by atoms with E-state index in [0.717, 1.165) is 27.7 Å². The smallest absolute Gasteiger partial charge is 0.339 e. The fourth-order valence-corrected chi connectivity index (χ4v) is 4.26. The standard InChI is InChI=1S/C14H16N8O6S3/c1-6-3-9(19-30-6)20-31(26,27)21-14(25)22-4-7(12(22)24)16-11(23)10(18-28-2)8-5-29-13(15)17-8/h3,5,7H,4H2,1-2H3,(H2,15,17)(H,16,23)(H,19,20)(H,21,25)/b18-10-/t7-/m0/s1. The number of imide groups is 1. The maximum atomic E-state index is 12.4. The minimum absolute atomic E-state index is 0.0375. The third-order valence-corrected chi connectivity index (χ3v) is 6.02. The van der Waals surface area contributed by atoms with Crippen molar-refractivity contribution in [3.63, 3.8) is 0 Å². The van der Waals surface area contributed by atoms with Crippen LogP contribution in [0.1, 0.15) is 10.6 Å². The lowest BCUT2D eigenvalue weighted by Crippen LogP contribution is -2.68. The third kappa shape index (κ3) is 5.25. The molecule has 0 unspecified atom stereocenters. The first-order valence-corrected chi connectivity index (χ1v) is 11.5. The summed E-state index contributed by atoms with van der Waals surface area (Å²) >= 11 is 2.16. The summed E-state index contributed by atoms with van der Waals surface area (Å²) in [4.78, 5) is 46.7. The van der Waals surface area contributed by atoms with Crippen molar-refractivity contribution in [3.05, 3.63) is 22.0 Å². The Labute approximate surface area is 183 Å². The summed E-state index contributed by atoms with van der Waals surface area (Å²) < 4.78 is 31.7. The Bertz CT molecular complexity index is 1160. The van der Waals surface area contributed by atoms with Gasteiger partial charge in [0, 0.05) is 10.3 Å². The van der Waals surface area contributed by atoms with Gasteiger partial charge in [0.05, 0.1) is 6.54 Å². The van der Waals surface area contributed by atoms with Crippen LogP contribution in [0.25, 0.3) is 0 Å². The van der Waals surface area contributed by atoms with E-state index in [-0.39, 0.29) is 28.9 Å². The summed E-state index contributed by atoms with van der Waals surface area (Å²) in [6.07, 6.45) is 0. The van der Waals surface area contributed by atoms with E-state index in [1.807, 2.05) is 0 Å². The number of aryl methyl sites for hydroxylation is 1. The van der Waals surface area contributed by atoms with Crippen LogP contribution in [0, 0.1) is 6.92 Å². The number of aromatic nitrogens is 2. The van der Waals surface area contributed by atoms with E-state index in [0.29, 0.717) is 4.90 Å². The lowest BCUT2D eigenvalue weighted by molar-refractivity contribution is -0.141. The molecule has 0 saturated carbocycles. The molecule has 0 aliphatic carbocycles. The molecule has 5 N–H and O–H groups in total. The van der Waals surface area contributed by atoms with Crippen LogP contribution in [0.15, 0.2) is 16.6 Å². The van der Waals surface area contributed by atoms with E-state index >= 15 is 0 Å². The number of nitrogen functional groups attached to an aromatic ring is 1. The van der Waals surface area contributed by atoms with Crippen molar-refractivity contribution in [2.24, 2.45) is 5.16 Å². The van der Waals surface area contributed by atoms with Gasteiger partial charge in [0.2, 0.25) is 0 Å². The molecule has 2 aromatic rings. The normalized spacial score (nSPS) is 16.5. The number of nitrogens with two attached hydrogens (primary N) is 1. The molecule has 1 saturated heterocycles. The van der Waals surface area contributed by atoms with Gasteiger partial charge < -0.3 is 15.9 Å². The maximum Gasteiger partial charge on any atom is 0.339 e. The zero-order valence-corrected chi connectivity index (χ0v) is 18.4. The molecule has 1 atom stereocenters. The highest BCUT2D eigenvalue weighted by atomic mass is 32.2. The number of carbonyl (C=O) groups is 3.